The Morgan fingerprint density at radius 2 is 1.95 bits per heavy atom. The number of carbonyl (C=O) groups is 2. The van der Waals surface area contributed by atoms with E-state index in [1.54, 1.807) is 0 Å². The lowest BCUT2D eigenvalue weighted by Gasteiger charge is -2.10. The zero-order valence-electron chi connectivity index (χ0n) is 10.8. The topological polar surface area (TPSA) is 139 Å². The van der Waals surface area contributed by atoms with Crippen LogP contribution in [-0.4, -0.2) is 29.8 Å². The van der Waals surface area contributed by atoms with Crippen molar-refractivity contribution >= 4 is 23.2 Å². The maximum absolute atomic E-state index is 11.9. The van der Waals surface area contributed by atoms with Gasteiger partial charge in [-0.1, -0.05) is 6.07 Å². The molecule has 0 saturated heterocycles. The third-order valence-corrected chi connectivity index (χ3v) is 2.41. The van der Waals surface area contributed by atoms with Gasteiger partial charge in [0.25, 0.3) is 11.6 Å². The summed E-state index contributed by atoms with van der Waals surface area (Å²) in [6.45, 7) is 1.82. The molecule has 5 N–H and O–H groups in total. The van der Waals surface area contributed by atoms with Gasteiger partial charge in [0.15, 0.2) is 0 Å². The summed E-state index contributed by atoms with van der Waals surface area (Å²) in [4.78, 5) is 32.7. The number of hydrogen-bond acceptors (Lipinski definition) is 6. The lowest BCUT2D eigenvalue weighted by atomic mass is 10.1. The number of amides is 2. The van der Waals surface area contributed by atoms with Gasteiger partial charge < -0.3 is 16.1 Å². The molecular formula is C11H15N5O4. The van der Waals surface area contributed by atoms with Crippen LogP contribution in [0.15, 0.2) is 18.2 Å². The quantitative estimate of drug-likeness (QED) is 0.245. The van der Waals surface area contributed by atoms with Crippen LogP contribution in [0.1, 0.15) is 17.3 Å². The van der Waals surface area contributed by atoms with Crippen molar-refractivity contribution in [1.82, 2.24) is 10.6 Å². The summed E-state index contributed by atoms with van der Waals surface area (Å²) in [6.07, 6.45) is 0. The van der Waals surface area contributed by atoms with Crippen molar-refractivity contribution in [3.05, 3.63) is 33.9 Å². The van der Waals surface area contributed by atoms with Crippen LogP contribution >= 0.6 is 0 Å². The predicted octanol–water partition coefficient (Wildman–Crippen LogP) is -0.254. The Bertz CT molecular complexity index is 532. The van der Waals surface area contributed by atoms with Crippen molar-refractivity contribution in [3.63, 3.8) is 0 Å². The zero-order chi connectivity index (χ0) is 15.1. The molecule has 9 heteroatoms. The number of nitrogens with zero attached hydrogens (tertiary/aromatic N) is 1. The van der Waals surface area contributed by atoms with Gasteiger partial charge in [0, 0.05) is 26.1 Å². The molecule has 0 aliphatic carbocycles. The minimum atomic E-state index is -0.636. The average molecular weight is 281 g/mol. The minimum absolute atomic E-state index is 0.0597. The smallest absolute Gasteiger partial charge is 0.294 e. The molecule has 1 aromatic rings. The SMILES string of the molecule is CC(=O)NCCNC(=O)c1cccc([N+](=O)[O-])c1NN. The number of nitro groups is 1. The molecule has 1 rings (SSSR count). The van der Waals surface area contributed by atoms with Gasteiger partial charge in [0.1, 0.15) is 5.69 Å². The summed E-state index contributed by atoms with van der Waals surface area (Å²) in [5, 5.41) is 15.9. The maximum atomic E-state index is 11.9. The Labute approximate surface area is 114 Å². The molecule has 0 radical (unpaired) electrons. The van der Waals surface area contributed by atoms with Gasteiger partial charge in [0.05, 0.1) is 10.5 Å². The summed E-state index contributed by atoms with van der Waals surface area (Å²) in [5.41, 5.74) is 1.87. The summed E-state index contributed by atoms with van der Waals surface area (Å²) in [5.74, 6) is 4.50. The van der Waals surface area contributed by atoms with Gasteiger partial charge >= 0.3 is 0 Å². The number of hydrazine groups is 1. The Hall–Kier alpha value is -2.68. The fourth-order valence-corrected chi connectivity index (χ4v) is 1.54. The van der Waals surface area contributed by atoms with Crippen LogP contribution in [0.4, 0.5) is 11.4 Å². The van der Waals surface area contributed by atoms with Crippen molar-refractivity contribution in [3.8, 4) is 0 Å². The normalized spacial score (nSPS) is 9.70. The summed E-state index contributed by atoms with van der Waals surface area (Å²) in [6, 6.07) is 4.04. The molecule has 0 fully saturated rings. The van der Waals surface area contributed by atoms with E-state index in [9.17, 15) is 19.7 Å². The fourth-order valence-electron chi connectivity index (χ4n) is 1.54. The predicted molar refractivity (Wildman–Crippen MR) is 71.9 cm³/mol. The van der Waals surface area contributed by atoms with Crippen molar-refractivity contribution in [1.29, 1.82) is 0 Å². The lowest BCUT2D eigenvalue weighted by molar-refractivity contribution is -0.384. The number of nitrogen functional groups attached to an aromatic ring is 1. The molecule has 0 aromatic heterocycles. The van der Waals surface area contributed by atoms with Crippen molar-refractivity contribution < 1.29 is 14.5 Å². The van der Waals surface area contributed by atoms with Crippen LogP contribution in [0.2, 0.25) is 0 Å². The van der Waals surface area contributed by atoms with Crippen molar-refractivity contribution in [2.24, 2.45) is 5.84 Å². The van der Waals surface area contributed by atoms with Crippen LogP contribution in [0.5, 0.6) is 0 Å². The number of hydrogen-bond donors (Lipinski definition) is 4. The third-order valence-electron chi connectivity index (χ3n) is 2.41. The molecule has 1 aromatic carbocycles. The van der Waals surface area contributed by atoms with E-state index >= 15 is 0 Å². The second-order valence-electron chi connectivity index (χ2n) is 3.84. The Morgan fingerprint density at radius 1 is 1.30 bits per heavy atom. The molecular weight excluding hydrogens is 266 g/mol. The van der Waals surface area contributed by atoms with Gasteiger partial charge in [0.2, 0.25) is 5.91 Å². The number of rotatable bonds is 6. The van der Waals surface area contributed by atoms with E-state index in [4.69, 9.17) is 5.84 Å². The number of benzene rings is 1. The van der Waals surface area contributed by atoms with Crippen LogP contribution < -0.4 is 21.9 Å². The van der Waals surface area contributed by atoms with Crippen LogP contribution in [0.3, 0.4) is 0 Å². The number of para-hydroxylation sites is 1. The molecule has 0 bridgehead atoms. The largest absolute Gasteiger partial charge is 0.355 e. The average Bonchev–Trinajstić information content (AvgIpc) is 2.42. The first-order valence-electron chi connectivity index (χ1n) is 5.74. The highest BCUT2D eigenvalue weighted by atomic mass is 16.6. The third kappa shape index (κ3) is 3.92. The van der Waals surface area contributed by atoms with Crippen LogP contribution in [-0.2, 0) is 4.79 Å². The Morgan fingerprint density at radius 3 is 2.50 bits per heavy atom. The standard InChI is InChI=1S/C11H15N5O4/c1-7(17)13-5-6-14-11(18)8-3-2-4-9(16(19)20)10(8)15-12/h2-4,15H,5-6,12H2,1H3,(H,13,17)(H,14,18). The van der Waals surface area contributed by atoms with Gasteiger partial charge in [-0.3, -0.25) is 25.5 Å². The number of nitro benzene ring substituents is 1. The summed E-state index contributed by atoms with van der Waals surface area (Å²) >= 11 is 0. The molecule has 0 aliphatic heterocycles. The van der Waals surface area contributed by atoms with E-state index in [2.05, 4.69) is 16.1 Å². The van der Waals surface area contributed by atoms with E-state index in [0.29, 0.717) is 0 Å². The Kier molecular flexibility index (Phi) is 5.42. The van der Waals surface area contributed by atoms with Gasteiger partial charge in [-0.15, -0.1) is 0 Å². The van der Waals surface area contributed by atoms with E-state index in [1.807, 2.05) is 0 Å². The monoisotopic (exact) mass is 281 g/mol. The first kappa shape index (κ1) is 15.4. The van der Waals surface area contributed by atoms with E-state index in [1.165, 1.54) is 25.1 Å². The first-order chi connectivity index (χ1) is 9.47. The molecule has 0 spiro atoms. The molecule has 0 heterocycles. The van der Waals surface area contributed by atoms with Crippen molar-refractivity contribution in [2.75, 3.05) is 18.5 Å². The second kappa shape index (κ2) is 7.04. The summed E-state index contributed by atoms with van der Waals surface area (Å²) < 4.78 is 0. The maximum Gasteiger partial charge on any atom is 0.294 e. The Balaban J connectivity index is 2.80. The van der Waals surface area contributed by atoms with Crippen molar-refractivity contribution in [2.45, 2.75) is 6.92 Å². The molecule has 0 atom stereocenters. The van der Waals surface area contributed by atoms with Gasteiger partial charge in [-0.05, 0) is 6.07 Å². The second-order valence-corrected chi connectivity index (χ2v) is 3.84. The van der Waals surface area contributed by atoms with Crippen LogP contribution in [0, 0.1) is 10.1 Å². The van der Waals surface area contributed by atoms with E-state index < -0.39 is 10.8 Å². The molecule has 108 valence electrons. The number of anilines is 1. The molecule has 0 saturated carbocycles. The van der Waals surface area contributed by atoms with Crippen LogP contribution in [0.25, 0.3) is 0 Å². The number of nitrogens with one attached hydrogen (secondary N) is 3. The van der Waals surface area contributed by atoms with E-state index in [-0.39, 0.29) is 35.9 Å². The van der Waals surface area contributed by atoms with E-state index in [0.717, 1.165) is 0 Å². The highest BCUT2D eigenvalue weighted by Gasteiger charge is 2.20. The minimum Gasteiger partial charge on any atom is -0.355 e. The molecule has 0 unspecified atom stereocenters. The molecule has 20 heavy (non-hydrogen) atoms. The summed E-state index contributed by atoms with van der Waals surface area (Å²) in [7, 11) is 0. The number of nitrogens with two attached hydrogens (primary N) is 1. The first-order valence-corrected chi connectivity index (χ1v) is 5.74. The highest BCUT2D eigenvalue weighted by molar-refractivity contribution is 6.01. The van der Waals surface area contributed by atoms with Gasteiger partial charge in [-0.25, -0.2) is 0 Å². The molecule has 0 aliphatic rings. The lowest BCUT2D eigenvalue weighted by Crippen LogP contribution is -2.34. The van der Waals surface area contributed by atoms with Gasteiger partial charge in [-0.2, -0.15) is 0 Å². The molecule has 2 amide bonds. The molecule has 9 nitrogen and oxygen atoms in total. The highest BCUT2D eigenvalue weighted by Crippen LogP contribution is 2.27. The fraction of sp³-hybridized carbons (Fsp3) is 0.273. The zero-order valence-corrected chi connectivity index (χ0v) is 10.8. The number of carbonyl (C=O) groups excluding carboxylic acids is 2.